The van der Waals surface area contributed by atoms with E-state index in [1.807, 2.05) is 18.2 Å². The van der Waals surface area contributed by atoms with Crippen LogP contribution in [-0.4, -0.2) is 26.3 Å². The molecule has 0 saturated heterocycles. The van der Waals surface area contributed by atoms with Crippen molar-refractivity contribution < 1.29 is 4.74 Å². The number of ether oxygens (including phenoxy) is 1. The lowest BCUT2D eigenvalue weighted by molar-refractivity contribution is 0.182. The van der Waals surface area contributed by atoms with E-state index in [0.29, 0.717) is 12.5 Å². The molecule has 0 heterocycles. The number of likely N-dealkylation sites (N-methyl/N-ethyl adjacent to an activating group) is 1. The normalized spacial score (nSPS) is 12.5. The van der Waals surface area contributed by atoms with Crippen molar-refractivity contribution in [2.75, 3.05) is 25.2 Å². The molecular formula is C13H19Cl2NO. The Morgan fingerprint density at radius 1 is 1.41 bits per heavy atom. The van der Waals surface area contributed by atoms with Crippen LogP contribution in [0.25, 0.3) is 0 Å². The van der Waals surface area contributed by atoms with Gasteiger partial charge in [0.2, 0.25) is 0 Å². The molecule has 1 unspecified atom stereocenters. The zero-order chi connectivity index (χ0) is 12.8. The lowest BCUT2D eigenvalue weighted by Gasteiger charge is -2.32. The Hall–Kier alpha value is -0.440. The van der Waals surface area contributed by atoms with E-state index >= 15 is 0 Å². The first-order valence-electron chi connectivity index (χ1n) is 5.74. The molecular weight excluding hydrogens is 257 g/mol. The Balaban J connectivity index is 3.10. The van der Waals surface area contributed by atoms with Crippen LogP contribution < -0.4 is 4.90 Å². The molecule has 0 aliphatic heterocycles. The largest absolute Gasteiger partial charge is 0.383 e. The van der Waals surface area contributed by atoms with Crippen molar-refractivity contribution in [2.45, 2.75) is 25.8 Å². The Morgan fingerprint density at radius 3 is 2.65 bits per heavy atom. The van der Waals surface area contributed by atoms with Gasteiger partial charge >= 0.3 is 0 Å². The van der Waals surface area contributed by atoms with E-state index in [4.69, 9.17) is 27.9 Å². The van der Waals surface area contributed by atoms with Crippen molar-refractivity contribution in [2.24, 2.45) is 0 Å². The summed E-state index contributed by atoms with van der Waals surface area (Å²) in [6, 6.07) is 6.11. The summed E-state index contributed by atoms with van der Waals surface area (Å²) >= 11 is 12.3. The van der Waals surface area contributed by atoms with Crippen LogP contribution in [0.1, 0.15) is 19.4 Å². The average Bonchev–Trinajstić information content (AvgIpc) is 2.32. The lowest BCUT2D eigenvalue weighted by atomic mass is 10.1. The van der Waals surface area contributed by atoms with Gasteiger partial charge in [-0.3, -0.25) is 0 Å². The fourth-order valence-electron chi connectivity index (χ4n) is 2.01. The van der Waals surface area contributed by atoms with E-state index in [0.717, 1.165) is 22.8 Å². The van der Waals surface area contributed by atoms with Gasteiger partial charge in [-0.15, -0.1) is 11.6 Å². The van der Waals surface area contributed by atoms with Gasteiger partial charge < -0.3 is 9.64 Å². The Morgan fingerprint density at radius 2 is 2.12 bits per heavy atom. The van der Waals surface area contributed by atoms with Crippen molar-refractivity contribution in [1.29, 1.82) is 0 Å². The van der Waals surface area contributed by atoms with Crippen molar-refractivity contribution in [3.05, 3.63) is 28.8 Å². The zero-order valence-corrected chi connectivity index (χ0v) is 12.1. The molecule has 0 bridgehead atoms. The molecule has 0 saturated carbocycles. The average molecular weight is 276 g/mol. The Labute approximate surface area is 113 Å². The van der Waals surface area contributed by atoms with Gasteiger partial charge in [-0.2, -0.15) is 0 Å². The first-order valence-corrected chi connectivity index (χ1v) is 6.65. The number of hydrogen-bond donors (Lipinski definition) is 0. The highest BCUT2D eigenvalue weighted by Gasteiger charge is 2.18. The fraction of sp³-hybridized carbons (Fsp3) is 0.538. The summed E-state index contributed by atoms with van der Waals surface area (Å²) in [4.78, 5) is 2.23. The fourth-order valence-corrected chi connectivity index (χ4v) is 2.53. The molecule has 2 nitrogen and oxygen atoms in total. The third-order valence-corrected chi connectivity index (χ3v) is 3.38. The lowest BCUT2D eigenvalue weighted by Crippen LogP contribution is -2.36. The molecule has 0 N–H and O–H groups in total. The van der Waals surface area contributed by atoms with Gasteiger partial charge in [0.05, 0.1) is 17.3 Å². The Bertz CT molecular complexity index is 357. The second-order valence-electron chi connectivity index (χ2n) is 3.97. The quantitative estimate of drug-likeness (QED) is 0.730. The number of rotatable bonds is 6. The monoisotopic (exact) mass is 275 g/mol. The molecule has 1 aromatic rings. The van der Waals surface area contributed by atoms with Crippen LogP contribution in [0.15, 0.2) is 18.2 Å². The predicted molar refractivity (Wildman–Crippen MR) is 75.4 cm³/mol. The predicted octanol–water partition coefficient (Wildman–Crippen LogP) is 3.94. The highest BCUT2D eigenvalue weighted by molar-refractivity contribution is 6.33. The maximum Gasteiger partial charge on any atom is 0.0663 e. The molecule has 1 atom stereocenters. The topological polar surface area (TPSA) is 12.5 Å². The van der Waals surface area contributed by atoms with Gasteiger partial charge in [0.1, 0.15) is 0 Å². The van der Waals surface area contributed by atoms with Crippen molar-refractivity contribution in [3.8, 4) is 0 Å². The molecule has 0 fully saturated rings. The molecule has 0 spiro atoms. The van der Waals surface area contributed by atoms with E-state index in [-0.39, 0.29) is 6.04 Å². The highest BCUT2D eigenvalue weighted by atomic mass is 35.5. The standard InChI is InChI=1S/C13H19Cl2NO/c1-4-16(10(2)9-17-3)13-11(8-14)6-5-7-12(13)15/h5-7,10H,4,8-9H2,1-3H3. The number of hydrogen-bond acceptors (Lipinski definition) is 2. The van der Waals surface area contributed by atoms with Crippen LogP contribution in [0.4, 0.5) is 5.69 Å². The number of para-hydroxylation sites is 1. The van der Waals surface area contributed by atoms with E-state index < -0.39 is 0 Å². The summed E-state index contributed by atoms with van der Waals surface area (Å²) in [5.41, 5.74) is 2.08. The molecule has 0 aliphatic rings. The number of halogens is 2. The van der Waals surface area contributed by atoms with Crippen LogP contribution >= 0.6 is 23.2 Å². The van der Waals surface area contributed by atoms with Gasteiger partial charge in [-0.05, 0) is 25.5 Å². The summed E-state index contributed by atoms with van der Waals surface area (Å²) in [6.45, 7) is 5.76. The molecule has 1 rings (SSSR count). The van der Waals surface area contributed by atoms with E-state index in [2.05, 4.69) is 18.7 Å². The second kappa shape index (κ2) is 7.10. The molecule has 0 aromatic heterocycles. The second-order valence-corrected chi connectivity index (χ2v) is 4.65. The third-order valence-electron chi connectivity index (χ3n) is 2.78. The molecule has 0 amide bonds. The van der Waals surface area contributed by atoms with Crippen molar-refractivity contribution >= 4 is 28.9 Å². The van der Waals surface area contributed by atoms with Crippen LogP contribution in [0.5, 0.6) is 0 Å². The van der Waals surface area contributed by atoms with Gasteiger partial charge in [-0.25, -0.2) is 0 Å². The highest BCUT2D eigenvalue weighted by Crippen LogP contribution is 2.32. The first kappa shape index (κ1) is 14.6. The van der Waals surface area contributed by atoms with Crippen LogP contribution in [0, 0.1) is 0 Å². The summed E-state index contributed by atoms with van der Waals surface area (Å²) in [5.74, 6) is 0.464. The number of alkyl halides is 1. The number of methoxy groups -OCH3 is 1. The van der Waals surface area contributed by atoms with E-state index in [1.54, 1.807) is 7.11 Å². The molecule has 0 aliphatic carbocycles. The van der Waals surface area contributed by atoms with Crippen molar-refractivity contribution in [1.82, 2.24) is 0 Å². The number of nitrogens with zero attached hydrogens (tertiary/aromatic N) is 1. The minimum atomic E-state index is 0.270. The summed E-state index contributed by atoms with van der Waals surface area (Å²) in [6.07, 6.45) is 0. The van der Waals surface area contributed by atoms with Gasteiger partial charge in [0, 0.05) is 25.6 Å². The van der Waals surface area contributed by atoms with Gasteiger partial charge in [0.25, 0.3) is 0 Å². The minimum Gasteiger partial charge on any atom is -0.383 e. The summed E-state index contributed by atoms with van der Waals surface area (Å²) in [5, 5.41) is 0.743. The van der Waals surface area contributed by atoms with E-state index in [9.17, 15) is 0 Å². The van der Waals surface area contributed by atoms with Gasteiger partial charge in [0.15, 0.2) is 0 Å². The summed E-state index contributed by atoms with van der Waals surface area (Å²) < 4.78 is 5.20. The molecule has 17 heavy (non-hydrogen) atoms. The maximum absolute atomic E-state index is 6.28. The molecule has 96 valence electrons. The first-order chi connectivity index (χ1) is 8.15. The number of anilines is 1. The number of benzene rings is 1. The smallest absolute Gasteiger partial charge is 0.0663 e. The van der Waals surface area contributed by atoms with E-state index in [1.165, 1.54) is 0 Å². The molecule has 0 radical (unpaired) electrons. The van der Waals surface area contributed by atoms with Gasteiger partial charge in [-0.1, -0.05) is 23.7 Å². The maximum atomic E-state index is 6.28. The third kappa shape index (κ3) is 3.51. The molecule has 4 heteroatoms. The van der Waals surface area contributed by atoms with Crippen LogP contribution in [0.3, 0.4) is 0 Å². The SMILES string of the molecule is CCN(c1c(Cl)cccc1CCl)C(C)COC. The van der Waals surface area contributed by atoms with Crippen LogP contribution in [-0.2, 0) is 10.6 Å². The Kier molecular flexibility index (Phi) is 6.10. The zero-order valence-electron chi connectivity index (χ0n) is 10.5. The molecule has 1 aromatic carbocycles. The summed E-state index contributed by atoms with van der Waals surface area (Å²) in [7, 11) is 1.71. The van der Waals surface area contributed by atoms with Crippen LogP contribution in [0.2, 0.25) is 5.02 Å². The van der Waals surface area contributed by atoms with Crippen molar-refractivity contribution in [3.63, 3.8) is 0 Å². The minimum absolute atomic E-state index is 0.270.